The lowest BCUT2D eigenvalue weighted by Gasteiger charge is -2.44. The van der Waals surface area contributed by atoms with Crippen LogP contribution in [0.2, 0.25) is 0 Å². The van der Waals surface area contributed by atoms with E-state index >= 15 is 0 Å². The van der Waals surface area contributed by atoms with Crippen molar-refractivity contribution >= 4 is 24.5 Å². The predicted octanol–water partition coefficient (Wildman–Crippen LogP) is 7.80. The number of benzene rings is 1. The first-order valence-corrected chi connectivity index (χ1v) is 16.8. The second kappa shape index (κ2) is 26.2. The van der Waals surface area contributed by atoms with Gasteiger partial charge in [0.1, 0.15) is 5.75 Å². The first-order valence-electron chi connectivity index (χ1n) is 16.8. The molecule has 2 fully saturated rings. The molecule has 2 aliphatic rings. The number of carbonyl (C=O) groups is 3. The molecule has 2 saturated heterocycles. The molecular weight excluding hydrogens is 572 g/mol. The van der Waals surface area contributed by atoms with Crippen LogP contribution in [0.3, 0.4) is 0 Å². The molecule has 258 valence electrons. The maximum absolute atomic E-state index is 11.7. The topological polar surface area (TPSA) is 117 Å². The number of amides is 1. The fourth-order valence-electron chi connectivity index (χ4n) is 5.84. The molecule has 9 heteroatoms. The van der Waals surface area contributed by atoms with Crippen molar-refractivity contribution in [2.24, 2.45) is 0 Å². The van der Waals surface area contributed by atoms with Gasteiger partial charge in [-0.1, -0.05) is 45.6 Å². The molecule has 1 amide bonds. The van der Waals surface area contributed by atoms with Crippen LogP contribution < -0.4 is 9.64 Å². The van der Waals surface area contributed by atoms with E-state index in [9.17, 15) is 9.59 Å². The number of unbranched alkanes of at least 4 members (excludes halogenated alkanes) is 3. The van der Waals surface area contributed by atoms with Gasteiger partial charge in [-0.05, 0) is 95.4 Å². The average molecular weight is 635 g/mol. The summed E-state index contributed by atoms with van der Waals surface area (Å²) < 4.78 is 10.8. The molecule has 3 unspecified atom stereocenters. The molecule has 0 aliphatic carbocycles. The number of piperidine rings is 1. The molecule has 1 aromatic carbocycles. The molecule has 3 rings (SSSR count). The summed E-state index contributed by atoms with van der Waals surface area (Å²) in [6, 6.07) is 4.90. The van der Waals surface area contributed by atoms with E-state index in [-0.39, 0.29) is 12.5 Å². The third-order valence-corrected chi connectivity index (χ3v) is 8.16. The zero-order valence-corrected chi connectivity index (χ0v) is 29.0. The minimum atomic E-state index is -0.675. The summed E-state index contributed by atoms with van der Waals surface area (Å²) >= 11 is 0. The van der Waals surface area contributed by atoms with E-state index in [2.05, 4.69) is 58.2 Å². The normalized spacial score (nSPS) is 17.9. The predicted molar refractivity (Wildman–Crippen MR) is 183 cm³/mol. The molecule has 0 aromatic heterocycles. The van der Waals surface area contributed by atoms with Crippen molar-refractivity contribution in [2.75, 3.05) is 31.7 Å². The molecule has 9 nitrogen and oxygen atoms in total. The van der Waals surface area contributed by atoms with Gasteiger partial charge in [0, 0.05) is 37.8 Å². The van der Waals surface area contributed by atoms with Crippen LogP contribution in [-0.4, -0.2) is 79.0 Å². The van der Waals surface area contributed by atoms with E-state index in [1.54, 1.807) is 7.11 Å². The van der Waals surface area contributed by atoms with Crippen molar-refractivity contribution in [1.29, 1.82) is 0 Å². The van der Waals surface area contributed by atoms with Crippen LogP contribution in [0.5, 0.6) is 5.75 Å². The van der Waals surface area contributed by atoms with Crippen LogP contribution in [0.1, 0.15) is 115 Å². The third kappa shape index (κ3) is 17.3. The van der Waals surface area contributed by atoms with Crippen LogP contribution in [0.25, 0.3) is 0 Å². The Morgan fingerprint density at radius 2 is 1.78 bits per heavy atom. The maximum atomic E-state index is 11.7. The number of aryl methyl sites for hydroxylation is 2. The third-order valence-electron chi connectivity index (χ3n) is 8.16. The fraction of sp³-hybridized carbons (Fsp3) is 0.694. The Bertz CT molecular complexity index is 950. The zero-order chi connectivity index (χ0) is 34.0. The number of rotatable bonds is 14. The molecule has 2 heterocycles. The Balaban J connectivity index is 0.000000825. The van der Waals surface area contributed by atoms with E-state index in [0.29, 0.717) is 18.6 Å². The number of methoxy groups -OCH3 is 1. The molecule has 45 heavy (non-hydrogen) atoms. The number of likely N-dealkylation sites (tertiary alicyclic amines) is 1. The highest BCUT2D eigenvalue weighted by Gasteiger charge is 2.33. The van der Waals surface area contributed by atoms with Crippen molar-refractivity contribution in [2.45, 2.75) is 136 Å². The molecule has 2 N–H and O–H groups in total. The van der Waals surface area contributed by atoms with Gasteiger partial charge < -0.3 is 29.5 Å². The number of carboxylic acids is 1. The molecular formula is C36H62N2O7. The zero-order valence-electron chi connectivity index (χ0n) is 29.0. The Hall–Kier alpha value is -3.07. The number of carbonyl (C=O) groups excluding carboxylic acids is 1. The minimum absolute atomic E-state index is 0.250. The molecule has 0 radical (unpaired) electrons. The van der Waals surface area contributed by atoms with E-state index in [1.165, 1.54) is 43.4 Å². The Morgan fingerprint density at radius 1 is 1.09 bits per heavy atom. The standard InChI is InChI=1S/C22H34N2O2.C7H14O2.C6H12O.CH2O2/c1-6-10-20(19-11-8-9-13-23(19)16-25)24(12-7-2)21-14-18(4)22(26-5)15-17(21)3;1-2-3-4-5-6-7(8)9;1-6-4-2-3-5-7-6;2-1-3/h7,14-16,19-20H,2,6,8-13H2,1,3-5H3;2-6H2,1H3,(H,8,9);6H,2-5H2,1H3;1H,(H,2,3). The highest BCUT2D eigenvalue weighted by molar-refractivity contribution is 5.66. The van der Waals surface area contributed by atoms with Crippen LogP contribution in [-0.2, 0) is 19.1 Å². The van der Waals surface area contributed by atoms with Gasteiger partial charge in [-0.3, -0.25) is 14.4 Å². The lowest BCUT2D eigenvalue weighted by atomic mass is 9.91. The Labute approximate surface area is 273 Å². The number of hydrogen-bond acceptors (Lipinski definition) is 6. The fourth-order valence-corrected chi connectivity index (χ4v) is 5.84. The van der Waals surface area contributed by atoms with Gasteiger partial charge in [0.25, 0.3) is 6.47 Å². The van der Waals surface area contributed by atoms with Crippen molar-refractivity contribution in [1.82, 2.24) is 4.90 Å². The highest BCUT2D eigenvalue weighted by Crippen LogP contribution is 2.34. The van der Waals surface area contributed by atoms with Gasteiger partial charge in [-0.25, -0.2) is 0 Å². The van der Waals surface area contributed by atoms with Crippen LogP contribution >= 0.6 is 0 Å². The molecule has 0 saturated carbocycles. The molecule has 0 bridgehead atoms. The van der Waals surface area contributed by atoms with Gasteiger partial charge in [0.05, 0.1) is 19.3 Å². The largest absolute Gasteiger partial charge is 0.496 e. The molecule has 0 spiro atoms. The smallest absolute Gasteiger partial charge is 0.303 e. The lowest BCUT2D eigenvalue weighted by Crippen LogP contribution is -2.53. The van der Waals surface area contributed by atoms with E-state index in [1.807, 2.05) is 11.0 Å². The van der Waals surface area contributed by atoms with Crippen molar-refractivity contribution in [3.05, 3.63) is 35.9 Å². The van der Waals surface area contributed by atoms with Crippen LogP contribution in [0.4, 0.5) is 5.69 Å². The van der Waals surface area contributed by atoms with Gasteiger partial charge >= 0.3 is 5.97 Å². The van der Waals surface area contributed by atoms with Gasteiger partial charge in [-0.2, -0.15) is 0 Å². The monoisotopic (exact) mass is 634 g/mol. The summed E-state index contributed by atoms with van der Waals surface area (Å²) in [5, 5.41) is 15.1. The quantitative estimate of drug-likeness (QED) is 0.121. The van der Waals surface area contributed by atoms with E-state index in [4.69, 9.17) is 24.5 Å². The Kier molecular flexibility index (Phi) is 24.4. The first-order chi connectivity index (χ1) is 21.6. The summed E-state index contributed by atoms with van der Waals surface area (Å²) in [5.41, 5.74) is 3.55. The Morgan fingerprint density at radius 3 is 2.27 bits per heavy atom. The lowest BCUT2D eigenvalue weighted by molar-refractivity contribution is -0.137. The summed E-state index contributed by atoms with van der Waals surface area (Å²) in [4.78, 5) is 34.5. The van der Waals surface area contributed by atoms with E-state index in [0.717, 1.165) is 82.4 Å². The second-order valence-electron chi connectivity index (χ2n) is 11.8. The van der Waals surface area contributed by atoms with Crippen molar-refractivity contribution in [3.8, 4) is 5.75 Å². The minimum Gasteiger partial charge on any atom is -0.496 e. The number of carboxylic acid groups (broad SMARTS) is 2. The maximum Gasteiger partial charge on any atom is 0.303 e. The van der Waals surface area contributed by atoms with Crippen molar-refractivity contribution < 1.29 is 34.1 Å². The van der Waals surface area contributed by atoms with Crippen LogP contribution in [0.15, 0.2) is 24.8 Å². The summed E-state index contributed by atoms with van der Waals surface area (Å²) in [5.74, 6) is 0.245. The molecule has 3 atom stereocenters. The number of nitrogens with zero attached hydrogens (tertiary/aromatic N) is 2. The van der Waals surface area contributed by atoms with Gasteiger partial charge in [0.15, 0.2) is 0 Å². The SMILES string of the molecule is C=CCN(c1cc(C)c(OC)cc1C)C(CCC)C1CCCCN1C=O.CC1CCCCO1.CCCCCCC(=O)O.O=CO. The number of aliphatic carboxylic acids is 1. The highest BCUT2D eigenvalue weighted by atomic mass is 16.5. The van der Waals surface area contributed by atoms with Crippen molar-refractivity contribution in [3.63, 3.8) is 0 Å². The molecule has 2 aliphatic heterocycles. The number of anilines is 1. The van der Waals surface area contributed by atoms with E-state index < -0.39 is 5.97 Å². The first kappa shape index (κ1) is 41.9. The number of ether oxygens (including phenoxy) is 2. The summed E-state index contributed by atoms with van der Waals surface area (Å²) in [7, 11) is 1.72. The summed E-state index contributed by atoms with van der Waals surface area (Å²) in [6.07, 6.45) is 17.5. The van der Waals surface area contributed by atoms with Gasteiger partial charge in [-0.15, -0.1) is 6.58 Å². The molecule has 1 aromatic rings. The van der Waals surface area contributed by atoms with Gasteiger partial charge in [0.2, 0.25) is 6.41 Å². The average Bonchev–Trinajstić information content (AvgIpc) is 3.03. The summed E-state index contributed by atoms with van der Waals surface area (Å²) in [6.45, 7) is 17.1. The number of hydrogen-bond donors (Lipinski definition) is 2. The second-order valence-corrected chi connectivity index (χ2v) is 11.8. The van der Waals surface area contributed by atoms with Crippen LogP contribution in [0, 0.1) is 13.8 Å².